The fourth-order valence-corrected chi connectivity index (χ4v) is 12.1. The van der Waals surface area contributed by atoms with Crippen molar-refractivity contribution in [2.75, 3.05) is 13.2 Å². The molecular weight excluding hydrogens is 841 g/mol. The molecule has 0 saturated carbocycles. The van der Waals surface area contributed by atoms with Crippen molar-refractivity contribution in [1.29, 1.82) is 0 Å². The lowest BCUT2D eigenvalue weighted by Crippen LogP contribution is -2.59. The number of ether oxygens (including phenoxy) is 2. The fourth-order valence-electron chi connectivity index (χ4n) is 9.46. The van der Waals surface area contributed by atoms with Crippen molar-refractivity contribution < 1.29 is 40.1 Å². The van der Waals surface area contributed by atoms with Gasteiger partial charge in [-0.1, -0.05) is 238 Å². The molecular formula is C51H102N4O9Si. The second-order valence-corrected chi connectivity index (χ2v) is 26.0. The zero-order valence-electron chi connectivity index (χ0n) is 42.2. The van der Waals surface area contributed by atoms with Crippen molar-refractivity contribution in [3.63, 3.8) is 0 Å². The molecule has 1 aromatic heterocycles. The van der Waals surface area contributed by atoms with Crippen LogP contribution in [0.25, 0.3) is 0 Å². The molecule has 0 amide bonds. The van der Waals surface area contributed by atoms with Gasteiger partial charge in [0, 0.05) is 14.6 Å². The van der Waals surface area contributed by atoms with Crippen LogP contribution in [0.3, 0.4) is 0 Å². The first-order chi connectivity index (χ1) is 31.5. The number of nitrogens with zero attached hydrogens (tertiary/aromatic N) is 4. The zero-order valence-corrected chi connectivity index (χ0v) is 43.2. The molecule has 1 fully saturated rings. The number of unbranched alkanes of at least 4 members (excludes halogenated alkanes) is 29. The summed E-state index contributed by atoms with van der Waals surface area (Å²) in [5.41, 5.74) is -0.546. The van der Waals surface area contributed by atoms with Crippen LogP contribution in [0.5, 0.6) is 0 Å². The highest BCUT2D eigenvalue weighted by atomic mass is 28.3. The van der Waals surface area contributed by atoms with Crippen molar-refractivity contribution in [1.82, 2.24) is 19.8 Å². The molecule has 6 unspecified atom stereocenters. The monoisotopic (exact) mass is 943 g/mol. The maximum atomic E-state index is 13.6. The maximum Gasteiger partial charge on any atom is 0.364 e. The Labute approximate surface area is 396 Å². The quantitative estimate of drug-likeness (QED) is 0.0269. The number of aryl methyl sites for hydroxylation is 1. The van der Waals surface area contributed by atoms with E-state index in [1.165, 1.54) is 177 Å². The number of aliphatic hydroxyl groups is 6. The van der Waals surface area contributed by atoms with Crippen molar-refractivity contribution in [3.8, 4) is 0 Å². The summed E-state index contributed by atoms with van der Waals surface area (Å²) in [7, 11) is -1.19. The molecule has 8 atom stereocenters. The molecule has 0 spiro atoms. The molecule has 1 saturated heterocycles. The summed E-state index contributed by atoms with van der Waals surface area (Å²) < 4.78 is 13.6. The van der Waals surface area contributed by atoms with Crippen LogP contribution in [0, 0.1) is 0 Å². The second-order valence-electron chi connectivity index (χ2n) is 20.6. The number of hydrogen-bond acceptors (Lipinski definition) is 11. The van der Waals surface area contributed by atoms with Gasteiger partial charge in [-0.2, -0.15) is 9.36 Å². The van der Waals surface area contributed by atoms with E-state index in [0.29, 0.717) is 19.4 Å². The minimum atomic E-state index is -1.66. The lowest BCUT2D eigenvalue weighted by Gasteiger charge is -2.40. The van der Waals surface area contributed by atoms with Gasteiger partial charge in [-0.25, -0.2) is 4.79 Å². The number of tetrazole rings is 1. The highest BCUT2D eigenvalue weighted by Crippen LogP contribution is 2.26. The Balaban J connectivity index is 1.74. The minimum absolute atomic E-state index is 0.317. The predicted molar refractivity (Wildman–Crippen MR) is 266 cm³/mol. The van der Waals surface area contributed by atoms with Crippen LogP contribution in [0.1, 0.15) is 232 Å². The standard InChI is InChI=1S/C51H102N4O9Si/c1-5-7-9-11-13-15-17-19-20-21-23-25-27-31-35-39-65(3,4)40-36-32-28-30-34-38-54-51(62)55(53-52-54)43(42-63-50-49(61)48(60)47(59)45(41-56)64-50)46(58)44(57)37-33-29-26-24-22-18-16-14-12-10-8-6-2/h43-50,56-61H,5-42H2,1-4H3/t43?,44-,45?,46+,47?,48?,49?,50?/m1/s1. The predicted octanol–water partition coefficient (Wildman–Crippen LogP) is 10.1. The third kappa shape index (κ3) is 26.4. The first kappa shape index (κ1) is 59.9. The Morgan fingerprint density at radius 3 is 1.45 bits per heavy atom. The van der Waals surface area contributed by atoms with E-state index in [4.69, 9.17) is 9.47 Å². The van der Waals surface area contributed by atoms with Gasteiger partial charge in [-0.05, 0) is 23.3 Å². The van der Waals surface area contributed by atoms with Gasteiger partial charge in [0.05, 0.1) is 19.3 Å². The van der Waals surface area contributed by atoms with Crippen LogP contribution >= 0.6 is 0 Å². The fraction of sp³-hybridized carbons (Fsp3) is 0.980. The van der Waals surface area contributed by atoms with Gasteiger partial charge in [0.25, 0.3) is 0 Å². The molecule has 1 aliphatic heterocycles. The van der Waals surface area contributed by atoms with Crippen LogP contribution in [-0.2, 0) is 16.0 Å². The third-order valence-corrected chi connectivity index (χ3v) is 17.5. The largest absolute Gasteiger partial charge is 0.394 e. The first-order valence-corrected chi connectivity index (χ1v) is 30.7. The Hall–Kier alpha value is -1.23. The number of aliphatic hydroxyl groups excluding tert-OH is 6. The molecule has 0 radical (unpaired) electrons. The van der Waals surface area contributed by atoms with Crippen molar-refractivity contribution in [2.45, 2.75) is 306 Å². The summed E-state index contributed by atoms with van der Waals surface area (Å²) in [6.07, 6.45) is 30.6. The van der Waals surface area contributed by atoms with Crippen molar-refractivity contribution in [2.24, 2.45) is 0 Å². The summed E-state index contributed by atoms with van der Waals surface area (Å²) in [4.78, 5) is 13.6. The molecule has 0 aliphatic carbocycles. The van der Waals surface area contributed by atoms with Gasteiger partial charge in [0.2, 0.25) is 0 Å². The van der Waals surface area contributed by atoms with Crippen LogP contribution in [0.15, 0.2) is 4.79 Å². The van der Waals surface area contributed by atoms with E-state index < -0.39 is 75.9 Å². The normalized spacial score (nSPS) is 20.7. The Morgan fingerprint density at radius 1 is 0.585 bits per heavy atom. The lowest BCUT2D eigenvalue weighted by molar-refractivity contribution is -0.304. The molecule has 14 heteroatoms. The SMILES string of the molecule is CCCCCCCCCCCCCCCCC[Si](C)(C)CCCCCCCn1nnn(C(COC2OC(CO)C(O)C(O)C2O)[C@H](O)[C@H](O)CCCCCCCCCCCCCC)c1=O. The molecule has 0 aromatic carbocycles. The topological polar surface area (TPSA) is 193 Å². The van der Waals surface area contributed by atoms with Gasteiger partial charge in [-0.15, -0.1) is 0 Å². The summed E-state index contributed by atoms with van der Waals surface area (Å²) in [6, 6.07) is 1.60. The van der Waals surface area contributed by atoms with E-state index in [1.807, 2.05) is 0 Å². The molecule has 6 N–H and O–H groups in total. The number of aromatic nitrogens is 4. The van der Waals surface area contributed by atoms with Gasteiger partial charge >= 0.3 is 5.69 Å². The molecule has 2 rings (SSSR count). The summed E-state index contributed by atoms with van der Waals surface area (Å²) in [5, 5.41) is 71.5. The van der Waals surface area contributed by atoms with E-state index in [2.05, 4.69) is 37.4 Å². The molecule has 1 aromatic rings. The molecule has 0 bridgehead atoms. The highest BCUT2D eigenvalue weighted by Gasteiger charge is 2.45. The molecule has 2 heterocycles. The van der Waals surface area contributed by atoms with Crippen LogP contribution < -0.4 is 5.69 Å². The Bertz CT molecular complexity index is 1300. The van der Waals surface area contributed by atoms with Crippen LogP contribution in [0.4, 0.5) is 0 Å². The average Bonchev–Trinajstić information content (AvgIpc) is 3.66. The molecule has 1 aliphatic rings. The molecule has 384 valence electrons. The molecule has 65 heavy (non-hydrogen) atoms. The third-order valence-electron chi connectivity index (χ3n) is 14.1. The number of rotatable bonds is 44. The van der Waals surface area contributed by atoms with Crippen molar-refractivity contribution in [3.05, 3.63) is 10.5 Å². The first-order valence-electron chi connectivity index (χ1n) is 27.3. The summed E-state index contributed by atoms with van der Waals surface area (Å²) >= 11 is 0. The van der Waals surface area contributed by atoms with Crippen molar-refractivity contribution >= 4 is 8.07 Å². The number of hydrogen-bond donors (Lipinski definition) is 6. The smallest absolute Gasteiger partial charge is 0.364 e. The van der Waals surface area contributed by atoms with E-state index in [0.717, 1.165) is 43.2 Å². The molecule has 13 nitrogen and oxygen atoms in total. The van der Waals surface area contributed by atoms with Gasteiger partial charge in [0.1, 0.15) is 36.6 Å². The Kier molecular flexibility index (Phi) is 34.7. The highest BCUT2D eigenvalue weighted by molar-refractivity contribution is 6.77. The van der Waals surface area contributed by atoms with E-state index in [1.54, 1.807) is 0 Å². The van der Waals surface area contributed by atoms with Gasteiger partial charge < -0.3 is 40.1 Å². The summed E-state index contributed by atoms with van der Waals surface area (Å²) in [5.74, 6) is 0. The van der Waals surface area contributed by atoms with Gasteiger partial charge in [-0.3, -0.25) is 0 Å². The van der Waals surface area contributed by atoms with Crippen LogP contribution in [0.2, 0.25) is 25.2 Å². The van der Waals surface area contributed by atoms with E-state index >= 15 is 0 Å². The summed E-state index contributed by atoms with van der Waals surface area (Å²) in [6.45, 7) is 8.94. The minimum Gasteiger partial charge on any atom is -0.394 e. The van der Waals surface area contributed by atoms with Crippen LogP contribution in [-0.4, -0.2) is 115 Å². The van der Waals surface area contributed by atoms with E-state index in [-0.39, 0.29) is 0 Å². The zero-order chi connectivity index (χ0) is 47.5. The second kappa shape index (κ2) is 37.6. The van der Waals surface area contributed by atoms with E-state index in [9.17, 15) is 35.4 Å². The maximum absolute atomic E-state index is 13.6. The average molecular weight is 943 g/mol. The lowest BCUT2D eigenvalue weighted by atomic mass is 9.98. The Morgan fingerprint density at radius 2 is 1.00 bits per heavy atom. The van der Waals surface area contributed by atoms with Gasteiger partial charge in [0.15, 0.2) is 6.29 Å².